The number of hydrogen-bond acceptors (Lipinski definition) is 4. The van der Waals surface area contributed by atoms with Gasteiger partial charge in [0.05, 0.1) is 0 Å². The predicted molar refractivity (Wildman–Crippen MR) is 113 cm³/mol. The number of nitrogens with one attached hydrogen (secondary N) is 2. The molecule has 2 amide bonds. The van der Waals surface area contributed by atoms with Crippen molar-refractivity contribution < 1.29 is 14.1 Å². The number of carbonyl (C=O) groups excluding carboxylic acids is 2. The Hall–Kier alpha value is -3.41. The molecular formula is C23H25N3O3. The van der Waals surface area contributed by atoms with Gasteiger partial charge in [-0.2, -0.15) is 0 Å². The number of benzene rings is 2. The quantitative estimate of drug-likeness (QED) is 0.661. The van der Waals surface area contributed by atoms with Crippen molar-refractivity contribution in [1.29, 1.82) is 0 Å². The summed E-state index contributed by atoms with van der Waals surface area (Å²) in [4.78, 5) is 24.6. The topological polar surface area (TPSA) is 84.2 Å². The van der Waals surface area contributed by atoms with Crippen LogP contribution in [0.3, 0.4) is 0 Å². The number of rotatable bonds is 5. The maximum Gasteiger partial charge on any atom is 0.258 e. The lowest BCUT2D eigenvalue weighted by atomic mass is 10.1. The largest absolute Gasteiger partial charge is 0.347 e. The van der Waals surface area contributed by atoms with Crippen LogP contribution < -0.4 is 10.6 Å². The molecule has 6 nitrogen and oxygen atoms in total. The number of aromatic nitrogens is 1. The molecule has 6 heteroatoms. The van der Waals surface area contributed by atoms with Crippen LogP contribution in [0.5, 0.6) is 0 Å². The molecule has 1 heterocycles. The van der Waals surface area contributed by atoms with Crippen LogP contribution in [0.4, 0.5) is 5.88 Å². The van der Waals surface area contributed by atoms with Crippen LogP contribution >= 0.6 is 0 Å². The third-order valence-electron chi connectivity index (χ3n) is 4.30. The molecule has 0 spiro atoms. The molecule has 0 aliphatic carbocycles. The minimum absolute atomic E-state index is 0.182. The standard InChI is InChI=1S/C23H25N3O3/c1-5-15-6-8-16(9-7-15)19-14-20(29-26-19)24-21(27)17-10-12-18(13-11-17)22(28)25-23(2,3)4/h6-14H,5H2,1-4H3,(H,24,27)(H,25,28). The van der Waals surface area contributed by atoms with Crippen LogP contribution in [-0.2, 0) is 6.42 Å². The molecule has 0 unspecified atom stereocenters. The smallest absolute Gasteiger partial charge is 0.258 e. The summed E-state index contributed by atoms with van der Waals surface area (Å²) in [6.07, 6.45) is 0.969. The molecule has 3 aromatic rings. The zero-order valence-corrected chi connectivity index (χ0v) is 17.1. The monoisotopic (exact) mass is 391 g/mol. The minimum atomic E-state index is -0.336. The van der Waals surface area contributed by atoms with Gasteiger partial charge in [-0.05, 0) is 57.0 Å². The SMILES string of the molecule is CCc1ccc(-c2cc(NC(=O)c3ccc(C(=O)NC(C)(C)C)cc3)on2)cc1. The molecule has 0 radical (unpaired) electrons. The number of carbonyl (C=O) groups is 2. The van der Waals surface area contributed by atoms with E-state index in [9.17, 15) is 9.59 Å². The molecule has 0 atom stereocenters. The van der Waals surface area contributed by atoms with Crippen molar-refractivity contribution in [3.8, 4) is 11.3 Å². The molecule has 0 bridgehead atoms. The zero-order valence-electron chi connectivity index (χ0n) is 17.1. The molecule has 29 heavy (non-hydrogen) atoms. The van der Waals surface area contributed by atoms with E-state index in [0.717, 1.165) is 12.0 Å². The van der Waals surface area contributed by atoms with Gasteiger partial charge >= 0.3 is 0 Å². The minimum Gasteiger partial charge on any atom is -0.347 e. The van der Waals surface area contributed by atoms with Crippen LogP contribution in [0.2, 0.25) is 0 Å². The molecule has 0 saturated heterocycles. The Morgan fingerprint density at radius 1 is 0.931 bits per heavy atom. The van der Waals surface area contributed by atoms with E-state index >= 15 is 0 Å². The normalized spacial score (nSPS) is 11.2. The van der Waals surface area contributed by atoms with E-state index in [1.807, 2.05) is 45.0 Å². The highest BCUT2D eigenvalue weighted by Crippen LogP contribution is 2.22. The second-order valence-corrected chi connectivity index (χ2v) is 7.86. The number of aryl methyl sites for hydroxylation is 1. The fraction of sp³-hybridized carbons (Fsp3) is 0.261. The van der Waals surface area contributed by atoms with E-state index in [0.29, 0.717) is 16.8 Å². The number of nitrogens with zero attached hydrogens (tertiary/aromatic N) is 1. The average Bonchev–Trinajstić information content (AvgIpc) is 3.15. The van der Waals surface area contributed by atoms with Crippen molar-refractivity contribution in [2.24, 2.45) is 0 Å². The first-order chi connectivity index (χ1) is 13.7. The van der Waals surface area contributed by atoms with E-state index < -0.39 is 0 Å². The van der Waals surface area contributed by atoms with Gasteiger partial charge in [-0.15, -0.1) is 0 Å². The van der Waals surface area contributed by atoms with E-state index in [1.165, 1.54) is 5.56 Å². The van der Waals surface area contributed by atoms with E-state index in [1.54, 1.807) is 30.3 Å². The van der Waals surface area contributed by atoms with Crippen molar-refractivity contribution in [3.05, 3.63) is 71.3 Å². The van der Waals surface area contributed by atoms with Gasteiger partial charge in [0, 0.05) is 28.3 Å². The second-order valence-electron chi connectivity index (χ2n) is 7.86. The van der Waals surface area contributed by atoms with Gasteiger partial charge in [0.25, 0.3) is 11.8 Å². The Morgan fingerprint density at radius 2 is 1.52 bits per heavy atom. The summed E-state index contributed by atoms with van der Waals surface area (Å²) >= 11 is 0. The summed E-state index contributed by atoms with van der Waals surface area (Å²) in [6.45, 7) is 7.84. The molecule has 2 N–H and O–H groups in total. The first kappa shape index (κ1) is 20.3. The number of hydrogen-bond donors (Lipinski definition) is 2. The van der Waals surface area contributed by atoms with E-state index in [-0.39, 0.29) is 23.2 Å². The maximum atomic E-state index is 12.5. The maximum absolute atomic E-state index is 12.5. The van der Waals surface area contributed by atoms with Crippen LogP contribution in [0.1, 0.15) is 54.0 Å². The van der Waals surface area contributed by atoms with Crippen molar-refractivity contribution in [1.82, 2.24) is 10.5 Å². The fourth-order valence-corrected chi connectivity index (χ4v) is 2.75. The van der Waals surface area contributed by atoms with Crippen LogP contribution in [-0.4, -0.2) is 22.5 Å². The predicted octanol–water partition coefficient (Wildman–Crippen LogP) is 4.68. The molecular weight excluding hydrogens is 366 g/mol. The zero-order chi connectivity index (χ0) is 21.0. The van der Waals surface area contributed by atoms with Crippen LogP contribution in [0.15, 0.2) is 59.1 Å². The first-order valence-corrected chi connectivity index (χ1v) is 9.55. The summed E-state index contributed by atoms with van der Waals surface area (Å²) in [5.74, 6) is -0.255. The third kappa shape index (κ3) is 5.31. The van der Waals surface area contributed by atoms with Crippen LogP contribution in [0, 0.1) is 0 Å². The number of amides is 2. The lowest BCUT2D eigenvalue weighted by Gasteiger charge is -2.20. The Morgan fingerprint density at radius 3 is 2.07 bits per heavy atom. The average molecular weight is 391 g/mol. The van der Waals surface area contributed by atoms with E-state index in [2.05, 4.69) is 22.7 Å². The molecule has 0 aliphatic heterocycles. The van der Waals surface area contributed by atoms with Crippen molar-refractivity contribution >= 4 is 17.7 Å². The number of anilines is 1. The van der Waals surface area contributed by atoms with Gasteiger partial charge in [0.1, 0.15) is 5.69 Å². The lowest BCUT2D eigenvalue weighted by molar-refractivity contribution is 0.0918. The Kier molecular flexibility index (Phi) is 5.82. The van der Waals surface area contributed by atoms with Gasteiger partial charge in [-0.3, -0.25) is 14.9 Å². The summed E-state index contributed by atoms with van der Waals surface area (Å²) in [7, 11) is 0. The van der Waals surface area contributed by atoms with Gasteiger partial charge in [0.2, 0.25) is 5.88 Å². The highest BCUT2D eigenvalue weighted by atomic mass is 16.5. The summed E-state index contributed by atoms with van der Waals surface area (Å²) < 4.78 is 5.24. The van der Waals surface area contributed by atoms with Gasteiger partial charge in [-0.25, -0.2) is 0 Å². The van der Waals surface area contributed by atoms with Crippen LogP contribution in [0.25, 0.3) is 11.3 Å². The van der Waals surface area contributed by atoms with Gasteiger partial charge in [0.15, 0.2) is 0 Å². The van der Waals surface area contributed by atoms with E-state index in [4.69, 9.17) is 4.52 Å². The molecule has 0 aliphatic rings. The Balaban J connectivity index is 1.66. The fourth-order valence-electron chi connectivity index (χ4n) is 2.75. The lowest BCUT2D eigenvalue weighted by Crippen LogP contribution is -2.40. The molecule has 0 saturated carbocycles. The summed E-state index contributed by atoms with van der Waals surface area (Å²) in [5.41, 5.74) is 3.40. The first-order valence-electron chi connectivity index (χ1n) is 9.55. The third-order valence-corrected chi connectivity index (χ3v) is 4.30. The second kappa shape index (κ2) is 8.31. The van der Waals surface area contributed by atoms with Gasteiger partial charge in [-0.1, -0.05) is 36.3 Å². The summed E-state index contributed by atoms with van der Waals surface area (Å²) in [5, 5.41) is 9.59. The summed E-state index contributed by atoms with van der Waals surface area (Å²) in [6, 6.07) is 16.2. The van der Waals surface area contributed by atoms with Crippen molar-refractivity contribution in [2.75, 3.05) is 5.32 Å². The van der Waals surface area contributed by atoms with Crippen molar-refractivity contribution in [3.63, 3.8) is 0 Å². The molecule has 150 valence electrons. The highest BCUT2D eigenvalue weighted by molar-refractivity contribution is 6.04. The molecule has 2 aromatic carbocycles. The highest BCUT2D eigenvalue weighted by Gasteiger charge is 2.16. The van der Waals surface area contributed by atoms with Crippen molar-refractivity contribution in [2.45, 2.75) is 39.7 Å². The van der Waals surface area contributed by atoms with Gasteiger partial charge < -0.3 is 9.84 Å². The molecule has 0 fully saturated rings. The Bertz CT molecular complexity index is 997. The molecule has 1 aromatic heterocycles. The molecule has 3 rings (SSSR count). The Labute approximate surface area is 170 Å².